The molecule has 6 nitrogen and oxygen atoms in total. The zero-order valence-corrected chi connectivity index (χ0v) is 13.2. The second kappa shape index (κ2) is 6.22. The van der Waals surface area contributed by atoms with Crippen LogP contribution < -0.4 is 10.6 Å². The van der Waals surface area contributed by atoms with Crippen molar-refractivity contribution in [2.24, 2.45) is 5.92 Å². The van der Waals surface area contributed by atoms with Crippen LogP contribution in [-0.4, -0.2) is 52.7 Å². The first-order chi connectivity index (χ1) is 9.86. The van der Waals surface area contributed by atoms with Gasteiger partial charge >= 0.3 is 12.0 Å². The van der Waals surface area contributed by atoms with Crippen LogP contribution in [-0.2, 0) is 4.79 Å². The smallest absolute Gasteiger partial charge is 0.317 e. The molecule has 2 aliphatic carbocycles. The van der Waals surface area contributed by atoms with E-state index in [9.17, 15) is 9.59 Å². The second-order valence-corrected chi connectivity index (χ2v) is 6.69. The summed E-state index contributed by atoms with van der Waals surface area (Å²) in [5.41, 5.74) is 0.00595. The van der Waals surface area contributed by atoms with E-state index in [1.165, 1.54) is 0 Å². The number of likely N-dealkylation sites (N-methyl/N-ethyl adjacent to an activating group) is 1. The van der Waals surface area contributed by atoms with Gasteiger partial charge in [-0.05, 0) is 38.1 Å². The molecule has 6 heteroatoms. The van der Waals surface area contributed by atoms with Crippen molar-refractivity contribution in [2.75, 3.05) is 13.1 Å². The molecule has 2 fully saturated rings. The summed E-state index contributed by atoms with van der Waals surface area (Å²) in [6.45, 7) is 7.05. The normalized spacial score (nSPS) is 26.3. The number of carboxylic acid groups (broad SMARTS) is 1. The van der Waals surface area contributed by atoms with Crippen molar-refractivity contribution in [3.8, 4) is 0 Å². The quantitative estimate of drug-likeness (QED) is 0.663. The van der Waals surface area contributed by atoms with Crippen LogP contribution in [0.1, 0.15) is 46.5 Å². The number of nitrogens with one attached hydrogen (secondary N) is 2. The van der Waals surface area contributed by atoms with Gasteiger partial charge in [0.25, 0.3) is 0 Å². The molecule has 0 heterocycles. The number of hydrogen-bond donors (Lipinski definition) is 3. The average Bonchev–Trinajstić information content (AvgIpc) is 3.11. The molecule has 120 valence electrons. The number of hydrogen-bond acceptors (Lipinski definition) is 3. The number of nitrogens with zero attached hydrogens (tertiary/aromatic N) is 1. The Morgan fingerprint density at radius 1 is 1.33 bits per heavy atom. The molecule has 0 radical (unpaired) electrons. The molecule has 2 rings (SSSR count). The van der Waals surface area contributed by atoms with Crippen molar-refractivity contribution in [1.29, 1.82) is 0 Å². The molecule has 0 aliphatic heterocycles. The third-order valence-corrected chi connectivity index (χ3v) is 4.97. The number of carboxylic acids is 1. The zero-order valence-electron chi connectivity index (χ0n) is 13.2. The molecular formula is C15H27N3O3. The van der Waals surface area contributed by atoms with Crippen molar-refractivity contribution in [3.63, 3.8) is 0 Å². The van der Waals surface area contributed by atoms with Gasteiger partial charge in [-0.2, -0.15) is 0 Å². The Labute approximate surface area is 126 Å². The van der Waals surface area contributed by atoms with Crippen LogP contribution in [0.3, 0.4) is 0 Å². The van der Waals surface area contributed by atoms with Crippen LogP contribution in [0.4, 0.5) is 4.79 Å². The van der Waals surface area contributed by atoms with Crippen molar-refractivity contribution in [3.05, 3.63) is 0 Å². The summed E-state index contributed by atoms with van der Waals surface area (Å²) in [6.07, 6.45) is 3.80. The van der Waals surface area contributed by atoms with Gasteiger partial charge in [0.15, 0.2) is 0 Å². The number of carbonyl (C=O) groups is 2. The monoisotopic (exact) mass is 297 g/mol. The Balaban J connectivity index is 1.70. The summed E-state index contributed by atoms with van der Waals surface area (Å²) >= 11 is 0. The van der Waals surface area contributed by atoms with Crippen LogP contribution in [0.2, 0.25) is 0 Å². The highest BCUT2D eigenvalue weighted by molar-refractivity contribution is 5.76. The van der Waals surface area contributed by atoms with Crippen LogP contribution in [0.15, 0.2) is 0 Å². The molecule has 0 spiro atoms. The Kier molecular flexibility index (Phi) is 4.76. The third kappa shape index (κ3) is 3.87. The fourth-order valence-electron chi connectivity index (χ4n) is 3.11. The predicted octanol–water partition coefficient (Wildman–Crippen LogP) is 1.41. The van der Waals surface area contributed by atoms with Crippen LogP contribution in [0, 0.1) is 5.92 Å². The SMILES string of the molecule is CCN(CC(=O)O)C1CC(NC(=O)NC2(C(C)C)CC2)C1. The van der Waals surface area contributed by atoms with Crippen molar-refractivity contribution >= 4 is 12.0 Å². The molecule has 3 N–H and O–H groups in total. The molecular weight excluding hydrogens is 270 g/mol. The number of amides is 2. The van der Waals surface area contributed by atoms with E-state index in [-0.39, 0.29) is 30.2 Å². The topological polar surface area (TPSA) is 81.7 Å². The summed E-state index contributed by atoms with van der Waals surface area (Å²) in [7, 11) is 0. The Morgan fingerprint density at radius 3 is 2.38 bits per heavy atom. The number of aliphatic carboxylic acids is 1. The van der Waals surface area contributed by atoms with Gasteiger partial charge in [-0.25, -0.2) is 4.79 Å². The largest absolute Gasteiger partial charge is 0.480 e. The highest BCUT2D eigenvalue weighted by Crippen LogP contribution is 2.42. The summed E-state index contributed by atoms with van der Waals surface area (Å²) in [6, 6.07) is 0.364. The van der Waals surface area contributed by atoms with Crippen molar-refractivity contribution < 1.29 is 14.7 Å². The van der Waals surface area contributed by atoms with Gasteiger partial charge in [0.05, 0.1) is 6.54 Å². The fourth-order valence-corrected chi connectivity index (χ4v) is 3.11. The maximum atomic E-state index is 12.0. The van der Waals surface area contributed by atoms with E-state index in [1.807, 2.05) is 11.8 Å². The zero-order chi connectivity index (χ0) is 15.6. The van der Waals surface area contributed by atoms with Crippen molar-refractivity contribution in [2.45, 2.75) is 64.1 Å². The summed E-state index contributed by atoms with van der Waals surface area (Å²) < 4.78 is 0. The van der Waals surface area contributed by atoms with Crippen molar-refractivity contribution in [1.82, 2.24) is 15.5 Å². The Hall–Kier alpha value is -1.30. The van der Waals surface area contributed by atoms with Gasteiger partial charge in [-0.3, -0.25) is 9.69 Å². The molecule has 2 aliphatic rings. The first-order valence-electron chi connectivity index (χ1n) is 7.91. The Morgan fingerprint density at radius 2 is 1.95 bits per heavy atom. The van der Waals surface area contributed by atoms with Gasteiger partial charge in [-0.1, -0.05) is 20.8 Å². The highest BCUT2D eigenvalue weighted by Gasteiger charge is 2.47. The molecule has 0 bridgehead atoms. The van der Waals surface area contributed by atoms with Crippen LogP contribution in [0.5, 0.6) is 0 Å². The molecule has 21 heavy (non-hydrogen) atoms. The maximum Gasteiger partial charge on any atom is 0.317 e. The summed E-state index contributed by atoms with van der Waals surface area (Å²) in [5, 5.41) is 15.0. The van der Waals surface area contributed by atoms with Crippen LogP contribution in [0.25, 0.3) is 0 Å². The minimum Gasteiger partial charge on any atom is -0.480 e. The number of rotatable bonds is 7. The molecule has 2 saturated carbocycles. The van der Waals surface area contributed by atoms with Gasteiger partial charge in [-0.15, -0.1) is 0 Å². The molecule has 0 aromatic carbocycles. The third-order valence-electron chi connectivity index (χ3n) is 4.97. The summed E-state index contributed by atoms with van der Waals surface area (Å²) in [5.74, 6) is -0.331. The van der Waals surface area contributed by atoms with E-state index < -0.39 is 5.97 Å². The predicted molar refractivity (Wildman–Crippen MR) is 80.2 cm³/mol. The number of urea groups is 1. The van der Waals surface area contributed by atoms with E-state index >= 15 is 0 Å². The first-order valence-corrected chi connectivity index (χ1v) is 7.91. The lowest BCUT2D eigenvalue weighted by Gasteiger charge is -2.42. The van der Waals surface area contributed by atoms with Gasteiger partial charge in [0.2, 0.25) is 0 Å². The second-order valence-electron chi connectivity index (χ2n) is 6.69. The highest BCUT2D eigenvalue weighted by atomic mass is 16.4. The minimum absolute atomic E-state index is 0.00595. The molecule has 0 atom stereocenters. The van der Waals surface area contributed by atoms with E-state index in [0.29, 0.717) is 5.92 Å². The summed E-state index contributed by atoms with van der Waals surface area (Å²) in [4.78, 5) is 24.7. The van der Waals surface area contributed by atoms with Crippen LogP contribution >= 0.6 is 0 Å². The van der Waals surface area contributed by atoms with Gasteiger partial charge in [0.1, 0.15) is 0 Å². The molecule has 2 amide bonds. The molecule has 0 aromatic rings. The average molecular weight is 297 g/mol. The lowest BCUT2D eigenvalue weighted by Crippen LogP contribution is -2.57. The fraction of sp³-hybridized carbons (Fsp3) is 0.867. The minimum atomic E-state index is -0.793. The lowest BCUT2D eigenvalue weighted by atomic mass is 9.85. The Bertz CT molecular complexity index is 401. The molecule has 0 unspecified atom stereocenters. The standard InChI is InChI=1S/C15H27N3O3/c1-4-18(9-13(19)20)12-7-11(8-12)16-14(21)17-15(5-6-15)10(2)3/h10-12H,4-9H2,1-3H3,(H,19,20)(H2,16,17,21). The van der Waals surface area contributed by atoms with Gasteiger partial charge < -0.3 is 15.7 Å². The van der Waals surface area contributed by atoms with E-state index in [0.717, 1.165) is 32.2 Å². The molecule has 0 aromatic heterocycles. The lowest BCUT2D eigenvalue weighted by molar-refractivity contribution is -0.139. The number of carbonyl (C=O) groups excluding carboxylic acids is 1. The van der Waals surface area contributed by atoms with E-state index in [2.05, 4.69) is 24.5 Å². The van der Waals surface area contributed by atoms with Gasteiger partial charge in [0, 0.05) is 17.6 Å². The maximum absolute atomic E-state index is 12.0. The first kappa shape index (κ1) is 16.1. The van der Waals surface area contributed by atoms with E-state index in [4.69, 9.17) is 5.11 Å². The molecule has 0 saturated heterocycles. The van der Waals surface area contributed by atoms with E-state index in [1.54, 1.807) is 0 Å².